The van der Waals surface area contributed by atoms with E-state index in [4.69, 9.17) is 5.11 Å². The van der Waals surface area contributed by atoms with Crippen LogP contribution in [0.1, 0.15) is 24.3 Å². The molecule has 0 amide bonds. The molecule has 0 bridgehead atoms. The van der Waals surface area contributed by atoms with Crippen LogP contribution in [0.15, 0.2) is 46.3 Å². The normalized spacial score (nSPS) is 12.1. The third kappa shape index (κ3) is 3.84. The molecule has 1 aromatic carbocycles. The van der Waals surface area contributed by atoms with E-state index in [1.165, 1.54) is 4.88 Å². The Labute approximate surface area is 131 Å². The fourth-order valence-corrected chi connectivity index (χ4v) is 3.58. The van der Waals surface area contributed by atoms with Crippen molar-refractivity contribution in [1.82, 2.24) is 0 Å². The van der Waals surface area contributed by atoms with Crippen LogP contribution in [-0.2, 0) is 4.79 Å². The van der Waals surface area contributed by atoms with Crippen LogP contribution in [0, 0.1) is 0 Å². The van der Waals surface area contributed by atoms with E-state index < -0.39 is 5.97 Å². The van der Waals surface area contributed by atoms with Crippen molar-refractivity contribution in [2.75, 3.05) is 11.4 Å². The van der Waals surface area contributed by atoms with E-state index in [0.29, 0.717) is 6.54 Å². The summed E-state index contributed by atoms with van der Waals surface area (Å²) in [7, 11) is 0. The summed E-state index contributed by atoms with van der Waals surface area (Å²) in [5.41, 5.74) is 1.05. The number of anilines is 1. The zero-order valence-electron chi connectivity index (χ0n) is 11.1. The van der Waals surface area contributed by atoms with Gasteiger partial charge in [0.15, 0.2) is 0 Å². The summed E-state index contributed by atoms with van der Waals surface area (Å²) >= 11 is 5.15. The molecule has 0 aliphatic carbocycles. The largest absolute Gasteiger partial charge is 0.481 e. The maximum Gasteiger partial charge on any atom is 0.305 e. The van der Waals surface area contributed by atoms with E-state index in [1.54, 1.807) is 11.3 Å². The highest BCUT2D eigenvalue weighted by atomic mass is 79.9. The molecule has 1 unspecified atom stereocenters. The Morgan fingerprint density at radius 3 is 2.55 bits per heavy atom. The molecule has 0 saturated carbocycles. The molecule has 0 aliphatic rings. The lowest BCUT2D eigenvalue weighted by molar-refractivity contribution is -0.136. The second-order valence-corrected chi connectivity index (χ2v) is 6.99. The lowest BCUT2D eigenvalue weighted by atomic mass is 10.2. The van der Waals surface area contributed by atoms with Gasteiger partial charge in [-0.2, -0.15) is 0 Å². The molecule has 0 spiro atoms. The molecule has 106 valence electrons. The van der Waals surface area contributed by atoms with Crippen LogP contribution in [0.25, 0.3) is 0 Å². The first-order valence-corrected chi connectivity index (χ1v) is 7.97. The van der Waals surface area contributed by atoms with E-state index >= 15 is 0 Å². The minimum atomic E-state index is -0.773. The van der Waals surface area contributed by atoms with Gasteiger partial charge in [0.05, 0.1) is 16.2 Å². The minimum absolute atomic E-state index is 0.131. The van der Waals surface area contributed by atoms with Gasteiger partial charge in [0.25, 0.3) is 0 Å². The number of thiophene rings is 1. The molecule has 0 radical (unpaired) electrons. The molecule has 0 fully saturated rings. The topological polar surface area (TPSA) is 40.5 Å². The quantitative estimate of drug-likeness (QED) is 0.827. The molecule has 1 N–H and O–H groups in total. The molecular weight excluding hydrogens is 338 g/mol. The predicted octanol–water partition coefficient (Wildman–Crippen LogP) is 4.55. The van der Waals surface area contributed by atoms with Crippen molar-refractivity contribution in [3.8, 4) is 0 Å². The molecule has 3 nitrogen and oxygen atoms in total. The number of hydrogen-bond donors (Lipinski definition) is 1. The summed E-state index contributed by atoms with van der Waals surface area (Å²) in [5.74, 6) is -0.773. The van der Waals surface area contributed by atoms with Crippen LogP contribution >= 0.6 is 27.3 Å². The van der Waals surface area contributed by atoms with Gasteiger partial charge >= 0.3 is 5.97 Å². The molecule has 5 heteroatoms. The van der Waals surface area contributed by atoms with Crippen molar-refractivity contribution in [2.24, 2.45) is 0 Å². The van der Waals surface area contributed by atoms with Crippen LogP contribution in [0.2, 0.25) is 0 Å². The number of para-hydroxylation sites is 1. The van der Waals surface area contributed by atoms with Crippen molar-refractivity contribution >= 4 is 38.9 Å². The standard InChI is InChI=1S/C15H16BrNO2S/c1-11(13-7-8-14(16)20-13)17(10-9-15(18)19)12-5-3-2-4-6-12/h2-8,11H,9-10H2,1H3,(H,18,19). The predicted molar refractivity (Wildman–Crippen MR) is 86.5 cm³/mol. The molecule has 2 rings (SSSR count). The average molecular weight is 354 g/mol. The SMILES string of the molecule is CC(c1ccc(Br)s1)N(CCC(=O)O)c1ccccc1. The van der Waals surface area contributed by atoms with Gasteiger partial charge in [-0.25, -0.2) is 0 Å². The Hall–Kier alpha value is -1.33. The first kappa shape index (κ1) is 15.1. The minimum Gasteiger partial charge on any atom is -0.481 e. The Bertz CT molecular complexity index is 570. The van der Waals surface area contributed by atoms with Gasteiger partial charge in [-0.3, -0.25) is 4.79 Å². The van der Waals surface area contributed by atoms with E-state index in [2.05, 4.69) is 33.8 Å². The number of carbonyl (C=O) groups is 1. The lowest BCUT2D eigenvalue weighted by Gasteiger charge is -2.30. The van der Waals surface area contributed by atoms with E-state index in [1.807, 2.05) is 36.4 Å². The number of halogens is 1. The van der Waals surface area contributed by atoms with Crippen LogP contribution in [0.3, 0.4) is 0 Å². The number of rotatable bonds is 6. The number of carboxylic acid groups (broad SMARTS) is 1. The number of nitrogens with zero attached hydrogens (tertiary/aromatic N) is 1. The average Bonchev–Trinajstić information content (AvgIpc) is 2.86. The van der Waals surface area contributed by atoms with E-state index in [-0.39, 0.29) is 12.5 Å². The third-order valence-electron chi connectivity index (χ3n) is 3.13. The van der Waals surface area contributed by atoms with Gasteiger partial charge in [0, 0.05) is 17.1 Å². The van der Waals surface area contributed by atoms with Gasteiger partial charge in [-0.15, -0.1) is 11.3 Å². The Kier molecular flexibility index (Phi) is 5.20. The molecule has 0 saturated heterocycles. The molecule has 1 atom stereocenters. The van der Waals surface area contributed by atoms with Gasteiger partial charge in [-0.1, -0.05) is 18.2 Å². The van der Waals surface area contributed by atoms with Gasteiger partial charge in [-0.05, 0) is 47.1 Å². The highest BCUT2D eigenvalue weighted by Crippen LogP contribution is 2.33. The summed E-state index contributed by atoms with van der Waals surface area (Å²) in [6.07, 6.45) is 0.131. The van der Waals surface area contributed by atoms with Crippen LogP contribution in [-0.4, -0.2) is 17.6 Å². The number of benzene rings is 1. The highest BCUT2D eigenvalue weighted by molar-refractivity contribution is 9.11. The number of aliphatic carboxylic acids is 1. The number of carboxylic acids is 1. The van der Waals surface area contributed by atoms with Crippen LogP contribution < -0.4 is 4.90 Å². The summed E-state index contributed by atoms with van der Waals surface area (Å²) < 4.78 is 1.09. The molecule has 2 aromatic rings. The van der Waals surface area contributed by atoms with Crippen LogP contribution in [0.4, 0.5) is 5.69 Å². The monoisotopic (exact) mass is 353 g/mol. The van der Waals surface area contributed by atoms with Crippen LogP contribution in [0.5, 0.6) is 0 Å². The van der Waals surface area contributed by atoms with Crippen molar-refractivity contribution in [3.63, 3.8) is 0 Å². The van der Waals surface area contributed by atoms with Crippen molar-refractivity contribution < 1.29 is 9.90 Å². The number of hydrogen-bond acceptors (Lipinski definition) is 3. The second kappa shape index (κ2) is 6.90. The Morgan fingerprint density at radius 2 is 2.00 bits per heavy atom. The first-order valence-electron chi connectivity index (χ1n) is 6.36. The maximum absolute atomic E-state index is 10.9. The van der Waals surface area contributed by atoms with E-state index in [9.17, 15) is 4.79 Å². The zero-order chi connectivity index (χ0) is 14.5. The lowest BCUT2D eigenvalue weighted by Crippen LogP contribution is -2.28. The maximum atomic E-state index is 10.9. The van der Waals surface area contributed by atoms with Gasteiger partial charge in [0.2, 0.25) is 0 Å². The zero-order valence-corrected chi connectivity index (χ0v) is 13.5. The first-order chi connectivity index (χ1) is 9.58. The fourth-order valence-electron chi connectivity index (χ4n) is 2.09. The summed E-state index contributed by atoms with van der Waals surface area (Å²) in [4.78, 5) is 14.2. The van der Waals surface area contributed by atoms with Gasteiger partial charge in [0.1, 0.15) is 0 Å². The van der Waals surface area contributed by atoms with Crippen molar-refractivity contribution in [1.29, 1.82) is 0 Å². The summed E-state index contributed by atoms with van der Waals surface area (Å²) in [6.45, 7) is 2.60. The molecule has 1 aromatic heterocycles. The third-order valence-corrected chi connectivity index (χ3v) is 4.92. The Morgan fingerprint density at radius 1 is 1.30 bits per heavy atom. The van der Waals surface area contributed by atoms with Gasteiger partial charge < -0.3 is 10.0 Å². The molecule has 20 heavy (non-hydrogen) atoms. The van der Waals surface area contributed by atoms with Crippen molar-refractivity contribution in [2.45, 2.75) is 19.4 Å². The molecular formula is C15H16BrNO2S. The summed E-state index contributed by atoms with van der Waals surface area (Å²) in [6, 6.07) is 14.2. The summed E-state index contributed by atoms with van der Waals surface area (Å²) in [5, 5.41) is 8.93. The van der Waals surface area contributed by atoms with E-state index in [0.717, 1.165) is 9.47 Å². The van der Waals surface area contributed by atoms with Crippen molar-refractivity contribution in [3.05, 3.63) is 51.1 Å². The second-order valence-electron chi connectivity index (χ2n) is 4.49. The molecule has 0 aliphatic heterocycles. The smallest absolute Gasteiger partial charge is 0.305 e. The molecule has 1 heterocycles. The highest BCUT2D eigenvalue weighted by Gasteiger charge is 2.18. The Balaban J connectivity index is 2.23. The fraction of sp³-hybridized carbons (Fsp3) is 0.267.